The van der Waals surface area contributed by atoms with E-state index in [0.29, 0.717) is 11.4 Å². The SMILES string of the molecule is CCC(O)CCNCc1cc(C(=O)O)sc1C. The van der Waals surface area contributed by atoms with E-state index < -0.39 is 5.97 Å². The van der Waals surface area contributed by atoms with Gasteiger partial charge in [-0.05, 0) is 37.9 Å². The third-order valence-corrected chi connectivity index (χ3v) is 3.75. The zero-order chi connectivity index (χ0) is 12.8. The van der Waals surface area contributed by atoms with Crippen LogP contribution in [0, 0.1) is 6.92 Å². The molecule has 3 N–H and O–H groups in total. The van der Waals surface area contributed by atoms with Crippen molar-refractivity contribution in [2.24, 2.45) is 0 Å². The molecule has 0 amide bonds. The van der Waals surface area contributed by atoms with Crippen LogP contribution in [0.15, 0.2) is 6.07 Å². The van der Waals surface area contributed by atoms with Crippen molar-refractivity contribution < 1.29 is 15.0 Å². The summed E-state index contributed by atoms with van der Waals surface area (Å²) in [6.45, 7) is 5.28. The summed E-state index contributed by atoms with van der Waals surface area (Å²) in [5.74, 6) is -0.870. The average Bonchev–Trinajstić information content (AvgIpc) is 2.66. The highest BCUT2D eigenvalue weighted by Gasteiger charge is 2.10. The summed E-state index contributed by atoms with van der Waals surface area (Å²) >= 11 is 1.30. The summed E-state index contributed by atoms with van der Waals surface area (Å²) in [5, 5.41) is 21.4. The predicted molar refractivity (Wildman–Crippen MR) is 68.6 cm³/mol. The number of aryl methyl sites for hydroxylation is 1. The fourth-order valence-electron chi connectivity index (χ4n) is 1.50. The second-order valence-corrected chi connectivity index (χ2v) is 5.28. The maximum atomic E-state index is 10.8. The summed E-state index contributed by atoms with van der Waals surface area (Å²) in [4.78, 5) is 12.2. The molecule has 1 rings (SSSR count). The molecule has 1 heterocycles. The third-order valence-electron chi connectivity index (χ3n) is 2.67. The number of aliphatic hydroxyl groups excluding tert-OH is 1. The number of thiophene rings is 1. The lowest BCUT2D eigenvalue weighted by atomic mass is 10.2. The highest BCUT2D eigenvalue weighted by Crippen LogP contribution is 2.21. The maximum absolute atomic E-state index is 10.8. The lowest BCUT2D eigenvalue weighted by molar-refractivity contribution is 0.0702. The van der Waals surface area contributed by atoms with E-state index in [9.17, 15) is 9.90 Å². The molecule has 1 aromatic heterocycles. The van der Waals surface area contributed by atoms with Gasteiger partial charge in [-0.1, -0.05) is 6.92 Å². The molecule has 0 saturated carbocycles. The van der Waals surface area contributed by atoms with Gasteiger partial charge in [0.25, 0.3) is 0 Å². The summed E-state index contributed by atoms with van der Waals surface area (Å²) in [6, 6.07) is 1.71. The van der Waals surface area contributed by atoms with Crippen molar-refractivity contribution in [3.63, 3.8) is 0 Å². The molecule has 1 aromatic rings. The van der Waals surface area contributed by atoms with Gasteiger partial charge in [-0.15, -0.1) is 11.3 Å². The van der Waals surface area contributed by atoms with Crippen molar-refractivity contribution >= 4 is 17.3 Å². The molecule has 0 fully saturated rings. The van der Waals surface area contributed by atoms with Crippen molar-refractivity contribution in [2.45, 2.75) is 39.3 Å². The lowest BCUT2D eigenvalue weighted by Crippen LogP contribution is -2.19. The Labute approximate surface area is 105 Å². The molecule has 0 saturated heterocycles. The summed E-state index contributed by atoms with van der Waals surface area (Å²) < 4.78 is 0. The van der Waals surface area contributed by atoms with Gasteiger partial charge in [0.2, 0.25) is 0 Å². The van der Waals surface area contributed by atoms with Gasteiger partial charge in [0.15, 0.2) is 0 Å². The van der Waals surface area contributed by atoms with Gasteiger partial charge in [0.1, 0.15) is 4.88 Å². The second kappa shape index (κ2) is 6.74. The monoisotopic (exact) mass is 257 g/mol. The van der Waals surface area contributed by atoms with Gasteiger partial charge in [-0.3, -0.25) is 0 Å². The molecule has 5 heteroatoms. The van der Waals surface area contributed by atoms with Crippen molar-refractivity contribution in [1.82, 2.24) is 5.32 Å². The van der Waals surface area contributed by atoms with Gasteiger partial charge in [-0.25, -0.2) is 4.79 Å². The molecule has 17 heavy (non-hydrogen) atoms. The van der Waals surface area contributed by atoms with E-state index >= 15 is 0 Å². The van der Waals surface area contributed by atoms with E-state index in [1.165, 1.54) is 11.3 Å². The fraction of sp³-hybridized carbons (Fsp3) is 0.583. The zero-order valence-corrected chi connectivity index (χ0v) is 11.0. The van der Waals surface area contributed by atoms with Crippen LogP contribution < -0.4 is 5.32 Å². The first-order valence-corrected chi connectivity index (χ1v) is 6.57. The van der Waals surface area contributed by atoms with Crippen LogP contribution in [-0.2, 0) is 6.54 Å². The van der Waals surface area contributed by atoms with Gasteiger partial charge in [0, 0.05) is 11.4 Å². The van der Waals surface area contributed by atoms with Crippen molar-refractivity contribution in [3.8, 4) is 0 Å². The molecule has 4 nitrogen and oxygen atoms in total. The van der Waals surface area contributed by atoms with Crippen LogP contribution in [0.1, 0.15) is 39.9 Å². The molecule has 96 valence electrons. The van der Waals surface area contributed by atoms with Crippen molar-refractivity contribution in [3.05, 3.63) is 21.4 Å². The van der Waals surface area contributed by atoms with Crippen LogP contribution >= 0.6 is 11.3 Å². The van der Waals surface area contributed by atoms with E-state index in [1.54, 1.807) is 6.07 Å². The Morgan fingerprint density at radius 3 is 2.82 bits per heavy atom. The minimum Gasteiger partial charge on any atom is -0.477 e. The van der Waals surface area contributed by atoms with Gasteiger partial charge >= 0.3 is 5.97 Å². The van der Waals surface area contributed by atoms with Crippen LogP contribution in [0.25, 0.3) is 0 Å². The smallest absolute Gasteiger partial charge is 0.345 e. The number of hydrogen-bond acceptors (Lipinski definition) is 4. The van der Waals surface area contributed by atoms with Crippen LogP contribution in [0.5, 0.6) is 0 Å². The highest BCUT2D eigenvalue weighted by molar-refractivity contribution is 7.14. The molecular formula is C12H19NO3S. The molecule has 0 radical (unpaired) electrons. The highest BCUT2D eigenvalue weighted by atomic mass is 32.1. The first-order chi connectivity index (χ1) is 8.04. The molecule has 1 unspecified atom stereocenters. The van der Waals surface area contributed by atoms with Crippen molar-refractivity contribution in [1.29, 1.82) is 0 Å². The number of carbonyl (C=O) groups is 1. The Hall–Kier alpha value is -0.910. The van der Waals surface area contributed by atoms with Gasteiger partial charge < -0.3 is 15.5 Å². The van der Waals surface area contributed by atoms with Crippen LogP contribution in [0.3, 0.4) is 0 Å². The Balaban J connectivity index is 2.39. The Morgan fingerprint density at radius 1 is 1.59 bits per heavy atom. The van der Waals surface area contributed by atoms with Crippen molar-refractivity contribution in [2.75, 3.05) is 6.54 Å². The first kappa shape index (κ1) is 14.2. The number of aliphatic hydroxyl groups is 1. The van der Waals surface area contributed by atoms with E-state index in [1.807, 2.05) is 13.8 Å². The number of hydrogen-bond donors (Lipinski definition) is 3. The number of carboxylic acid groups (broad SMARTS) is 1. The number of carboxylic acids is 1. The molecule has 0 bridgehead atoms. The minimum atomic E-state index is -0.870. The standard InChI is InChI=1S/C12H19NO3S/c1-3-10(14)4-5-13-7-9-6-11(12(15)16)17-8(9)2/h6,10,13-14H,3-5,7H2,1-2H3,(H,15,16). The van der Waals surface area contributed by atoms with E-state index in [2.05, 4.69) is 5.32 Å². The molecule has 0 aliphatic heterocycles. The van der Waals surface area contributed by atoms with E-state index in [-0.39, 0.29) is 6.10 Å². The molecule has 0 spiro atoms. The van der Waals surface area contributed by atoms with E-state index in [0.717, 1.165) is 29.8 Å². The minimum absolute atomic E-state index is 0.249. The quantitative estimate of drug-likeness (QED) is 0.653. The summed E-state index contributed by atoms with van der Waals surface area (Å²) in [6.07, 6.45) is 1.24. The molecule has 0 aliphatic carbocycles. The second-order valence-electron chi connectivity index (χ2n) is 4.02. The Bertz CT molecular complexity index is 376. The number of rotatable bonds is 7. The lowest BCUT2D eigenvalue weighted by Gasteiger charge is -2.08. The number of nitrogens with one attached hydrogen (secondary N) is 1. The summed E-state index contributed by atoms with van der Waals surface area (Å²) in [7, 11) is 0. The van der Waals surface area contributed by atoms with Gasteiger partial charge in [0.05, 0.1) is 6.10 Å². The molecule has 0 aromatic carbocycles. The summed E-state index contributed by atoms with van der Waals surface area (Å²) in [5.41, 5.74) is 1.03. The molecule has 1 atom stereocenters. The number of aromatic carboxylic acids is 1. The largest absolute Gasteiger partial charge is 0.477 e. The normalized spacial score (nSPS) is 12.6. The average molecular weight is 257 g/mol. The Kier molecular flexibility index (Phi) is 5.61. The maximum Gasteiger partial charge on any atom is 0.345 e. The van der Waals surface area contributed by atoms with Gasteiger partial charge in [-0.2, -0.15) is 0 Å². The molecular weight excluding hydrogens is 238 g/mol. The predicted octanol–water partition coefficient (Wildman–Crippen LogP) is 2.01. The van der Waals surface area contributed by atoms with E-state index in [4.69, 9.17) is 5.11 Å². The third kappa shape index (κ3) is 4.46. The fourth-order valence-corrected chi connectivity index (χ4v) is 2.38. The topological polar surface area (TPSA) is 69.6 Å². The van der Waals surface area contributed by atoms with Crippen LogP contribution in [0.2, 0.25) is 0 Å². The first-order valence-electron chi connectivity index (χ1n) is 5.76. The van der Waals surface area contributed by atoms with Crippen LogP contribution in [0.4, 0.5) is 0 Å². The molecule has 0 aliphatic rings. The zero-order valence-electron chi connectivity index (χ0n) is 10.2. The van der Waals surface area contributed by atoms with Crippen LogP contribution in [-0.4, -0.2) is 28.8 Å². The Morgan fingerprint density at radius 2 is 2.29 bits per heavy atom.